The predicted molar refractivity (Wildman–Crippen MR) is 85.6 cm³/mol. The lowest BCUT2D eigenvalue weighted by Crippen LogP contribution is -2.48. The van der Waals surface area contributed by atoms with Gasteiger partial charge in [-0.05, 0) is 44.4 Å². The number of aromatic carboxylic acids is 1. The van der Waals surface area contributed by atoms with Crippen LogP contribution in [0.5, 0.6) is 5.75 Å². The highest BCUT2D eigenvalue weighted by Gasteiger charge is 2.34. The van der Waals surface area contributed by atoms with Gasteiger partial charge in [0.25, 0.3) is 0 Å². The van der Waals surface area contributed by atoms with Gasteiger partial charge < -0.3 is 9.84 Å². The van der Waals surface area contributed by atoms with E-state index in [9.17, 15) is 14.3 Å². The molecule has 1 aromatic carbocycles. The summed E-state index contributed by atoms with van der Waals surface area (Å²) in [4.78, 5) is 13.9. The first-order valence-electron chi connectivity index (χ1n) is 8.55. The number of carboxylic acid groups (broad SMARTS) is 1. The molecule has 1 heterocycles. The normalized spacial score (nSPS) is 21.3. The SMILES string of the molecule is CCCN(C1CCCC1)[C@H]1COc2c(F)ccc(C(=O)O)c2C1. The standard InChI is InChI=1S/C18H24FNO3/c1-2-9-20(12-5-3-4-6-12)13-10-15-14(18(21)22)7-8-16(19)17(15)23-11-13/h7-8,12-13H,2-6,9-11H2,1H3,(H,21,22)/t13-/m1/s1. The van der Waals surface area contributed by atoms with E-state index in [1.807, 2.05) is 0 Å². The number of ether oxygens (including phenoxy) is 1. The van der Waals surface area contributed by atoms with Gasteiger partial charge in [0.05, 0.1) is 5.56 Å². The summed E-state index contributed by atoms with van der Waals surface area (Å²) in [6.45, 7) is 3.57. The average Bonchev–Trinajstić information content (AvgIpc) is 3.06. The van der Waals surface area contributed by atoms with Crippen molar-refractivity contribution in [3.8, 4) is 5.75 Å². The summed E-state index contributed by atoms with van der Waals surface area (Å²) in [5.74, 6) is -1.36. The first-order valence-corrected chi connectivity index (χ1v) is 8.55. The fourth-order valence-electron chi connectivity index (χ4n) is 4.00. The molecule has 2 aliphatic rings. The van der Waals surface area contributed by atoms with E-state index in [1.54, 1.807) is 0 Å². The molecule has 1 N–H and O–H groups in total. The van der Waals surface area contributed by atoms with Crippen LogP contribution in [-0.4, -0.2) is 41.2 Å². The van der Waals surface area contributed by atoms with Gasteiger partial charge in [0.1, 0.15) is 6.61 Å². The third-order valence-corrected chi connectivity index (χ3v) is 5.05. The number of hydrogen-bond acceptors (Lipinski definition) is 3. The zero-order valence-corrected chi connectivity index (χ0v) is 13.6. The van der Waals surface area contributed by atoms with Gasteiger partial charge in [-0.2, -0.15) is 0 Å². The minimum absolute atomic E-state index is 0.129. The van der Waals surface area contributed by atoms with E-state index >= 15 is 0 Å². The summed E-state index contributed by atoms with van der Waals surface area (Å²) < 4.78 is 19.6. The van der Waals surface area contributed by atoms with Gasteiger partial charge in [-0.25, -0.2) is 9.18 Å². The first kappa shape index (κ1) is 16.2. The summed E-state index contributed by atoms with van der Waals surface area (Å²) in [6, 6.07) is 3.21. The van der Waals surface area contributed by atoms with Crippen molar-refractivity contribution in [2.75, 3.05) is 13.2 Å². The van der Waals surface area contributed by atoms with Gasteiger partial charge in [-0.15, -0.1) is 0 Å². The Morgan fingerprint density at radius 1 is 1.35 bits per heavy atom. The number of rotatable bonds is 5. The van der Waals surface area contributed by atoms with Crippen LogP contribution in [0.4, 0.5) is 4.39 Å². The van der Waals surface area contributed by atoms with Crippen LogP contribution in [0, 0.1) is 5.82 Å². The van der Waals surface area contributed by atoms with Crippen molar-refractivity contribution in [1.82, 2.24) is 4.90 Å². The minimum Gasteiger partial charge on any atom is -0.489 e. The molecule has 0 saturated heterocycles. The van der Waals surface area contributed by atoms with E-state index < -0.39 is 11.8 Å². The second-order valence-electron chi connectivity index (χ2n) is 6.55. The molecule has 0 unspecified atom stereocenters. The second-order valence-corrected chi connectivity index (χ2v) is 6.55. The second kappa shape index (κ2) is 6.87. The predicted octanol–water partition coefficient (Wildman–Crippen LogP) is 3.48. The first-order chi connectivity index (χ1) is 11.1. The third-order valence-electron chi connectivity index (χ3n) is 5.05. The summed E-state index contributed by atoms with van der Waals surface area (Å²) in [7, 11) is 0. The van der Waals surface area contributed by atoms with Crippen molar-refractivity contribution in [3.05, 3.63) is 29.1 Å². The molecule has 0 spiro atoms. The molecule has 0 radical (unpaired) electrons. The lowest BCUT2D eigenvalue weighted by molar-refractivity contribution is 0.0673. The molecule has 0 bridgehead atoms. The van der Waals surface area contributed by atoms with Crippen molar-refractivity contribution in [3.63, 3.8) is 0 Å². The monoisotopic (exact) mass is 321 g/mol. The van der Waals surface area contributed by atoms with Gasteiger partial charge in [0.15, 0.2) is 11.6 Å². The lowest BCUT2D eigenvalue weighted by Gasteiger charge is -2.39. The summed E-state index contributed by atoms with van der Waals surface area (Å²) in [6.07, 6.45) is 6.49. The number of halogens is 1. The molecule has 1 atom stereocenters. The van der Waals surface area contributed by atoms with E-state index in [0.717, 1.165) is 13.0 Å². The molecule has 4 nitrogen and oxygen atoms in total. The topological polar surface area (TPSA) is 49.8 Å². The minimum atomic E-state index is -1.02. The maximum atomic E-state index is 14.0. The van der Waals surface area contributed by atoms with Crippen LogP contribution < -0.4 is 4.74 Å². The molecule has 0 aromatic heterocycles. The molecule has 1 aliphatic carbocycles. The van der Waals surface area contributed by atoms with Gasteiger partial charge in [0.2, 0.25) is 0 Å². The molecule has 1 aliphatic heterocycles. The molecule has 5 heteroatoms. The van der Waals surface area contributed by atoms with E-state index in [2.05, 4.69) is 11.8 Å². The van der Waals surface area contributed by atoms with E-state index in [0.29, 0.717) is 24.6 Å². The highest BCUT2D eigenvalue weighted by molar-refractivity contribution is 5.90. The molecular weight excluding hydrogens is 297 g/mol. The van der Waals surface area contributed by atoms with Crippen molar-refractivity contribution in [1.29, 1.82) is 0 Å². The summed E-state index contributed by atoms with van der Waals surface area (Å²) in [5.41, 5.74) is 0.668. The van der Waals surface area contributed by atoms with Crippen LogP contribution >= 0.6 is 0 Å². The smallest absolute Gasteiger partial charge is 0.336 e. The molecule has 1 fully saturated rings. The lowest BCUT2D eigenvalue weighted by atomic mass is 9.94. The zero-order valence-electron chi connectivity index (χ0n) is 13.6. The summed E-state index contributed by atoms with van der Waals surface area (Å²) in [5, 5.41) is 9.38. The Morgan fingerprint density at radius 3 is 2.74 bits per heavy atom. The number of carboxylic acids is 1. The van der Waals surface area contributed by atoms with Gasteiger partial charge in [-0.1, -0.05) is 19.8 Å². The highest BCUT2D eigenvalue weighted by atomic mass is 19.1. The van der Waals surface area contributed by atoms with Gasteiger partial charge in [0, 0.05) is 17.6 Å². The molecule has 0 amide bonds. The zero-order chi connectivity index (χ0) is 16.4. The fourth-order valence-corrected chi connectivity index (χ4v) is 4.00. The Morgan fingerprint density at radius 2 is 2.09 bits per heavy atom. The number of carbonyl (C=O) groups is 1. The van der Waals surface area contributed by atoms with Crippen LogP contribution in [0.25, 0.3) is 0 Å². The molecule has 126 valence electrons. The molecular formula is C18H24FNO3. The Labute approximate surface area is 136 Å². The maximum absolute atomic E-state index is 14.0. The molecule has 3 rings (SSSR count). The molecule has 23 heavy (non-hydrogen) atoms. The number of fused-ring (bicyclic) bond motifs is 1. The Hall–Kier alpha value is -1.62. The van der Waals surface area contributed by atoms with Crippen LogP contribution in [0.3, 0.4) is 0 Å². The van der Waals surface area contributed by atoms with Crippen LogP contribution in [0.15, 0.2) is 12.1 Å². The molecule has 1 aromatic rings. The average molecular weight is 321 g/mol. The van der Waals surface area contributed by atoms with E-state index in [-0.39, 0.29) is 17.4 Å². The van der Waals surface area contributed by atoms with Crippen molar-refractivity contribution >= 4 is 5.97 Å². The quantitative estimate of drug-likeness (QED) is 0.902. The highest BCUT2D eigenvalue weighted by Crippen LogP contribution is 2.34. The van der Waals surface area contributed by atoms with Crippen LogP contribution in [0.1, 0.15) is 54.9 Å². The van der Waals surface area contributed by atoms with E-state index in [1.165, 1.54) is 37.8 Å². The van der Waals surface area contributed by atoms with E-state index in [4.69, 9.17) is 4.74 Å². The third kappa shape index (κ3) is 3.20. The number of hydrogen-bond donors (Lipinski definition) is 1. The van der Waals surface area contributed by atoms with Gasteiger partial charge in [-0.3, -0.25) is 4.90 Å². The number of nitrogens with zero attached hydrogens (tertiary/aromatic N) is 1. The largest absolute Gasteiger partial charge is 0.489 e. The number of benzene rings is 1. The van der Waals surface area contributed by atoms with Crippen LogP contribution in [0.2, 0.25) is 0 Å². The maximum Gasteiger partial charge on any atom is 0.336 e. The fraction of sp³-hybridized carbons (Fsp3) is 0.611. The van der Waals surface area contributed by atoms with Gasteiger partial charge >= 0.3 is 5.97 Å². The Kier molecular flexibility index (Phi) is 4.85. The Balaban J connectivity index is 1.88. The van der Waals surface area contributed by atoms with Crippen molar-refractivity contribution < 1.29 is 19.0 Å². The molecule has 1 saturated carbocycles. The van der Waals surface area contributed by atoms with Crippen molar-refractivity contribution in [2.24, 2.45) is 0 Å². The Bertz CT molecular complexity index is 584. The van der Waals surface area contributed by atoms with Crippen molar-refractivity contribution in [2.45, 2.75) is 57.5 Å². The van der Waals surface area contributed by atoms with Crippen LogP contribution in [-0.2, 0) is 6.42 Å². The summed E-state index contributed by atoms with van der Waals surface area (Å²) >= 11 is 0.